The molecule has 0 unspecified atom stereocenters. The first-order valence-electron chi connectivity index (χ1n) is 4.57. The summed E-state index contributed by atoms with van der Waals surface area (Å²) in [7, 11) is -7.46. The lowest BCUT2D eigenvalue weighted by molar-refractivity contribution is 0.581. The smallest absolute Gasteiger partial charge is 0.229 e. The van der Waals surface area contributed by atoms with E-state index in [0.29, 0.717) is 4.47 Å². The van der Waals surface area contributed by atoms with Gasteiger partial charge >= 0.3 is 0 Å². The van der Waals surface area contributed by atoms with Crippen LogP contribution < -0.4 is 9.86 Å². The van der Waals surface area contributed by atoms with Crippen LogP contribution in [0.25, 0.3) is 0 Å². The van der Waals surface area contributed by atoms with E-state index in [1.165, 1.54) is 6.07 Å². The third-order valence-electron chi connectivity index (χ3n) is 1.86. The number of nitrogens with two attached hydrogens (primary N) is 1. The maximum atomic E-state index is 11.9. The Labute approximate surface area is 122 Å². The lowest BCUT2D eigenvalue weighted by Crippen LogP contribution is -2.31. The number of hydrogen-bond donors (Lipinski definition) is 2. The molecule has 1 rings (SSSR count). The zero-order chi connectivity index (χ0) is 14.0. The van der Waals surface area contributed by atoms with Gasteiger partial charge in [0.1, 0.15) is 0 Å². The number of benzene rings is 1. The lowest BCUT2D eigenvalue weighted by Gasteiger charge is -2.08. The second-order valence-corrected chi connectivity index (χ2v) is 8.58. The van der Waals surface area contributed by atoms with E-state index in [1.807, 2.05) is 0 Å². The second kappa shape index (κ2) is 5.97. The van der Waals surface area contributed by atoms with Crippen molar-refractivity contribution in [3.05, 3.63) is 27.1 Å². The molecule has 0 aliphatic carbocycles. The molecule has 1 aromatic rings. The number of sulfonamides is 2. The largest absolute Gasteiger partial charge is 0.241 e. The predicted molar refractivity (Wildman–Crippen MR) is 75.0 cm³/mol. The van der Waals surface area contributed by atoms with Crippen molar-refractivity contribution >= 4 is 51.9 Å². The Balaban J connectivity index is 2.87. The number of hydrogen-bond acceptors (Lipinski definition) is 4. The highest BCUT2D eigenvalue weighted by molar-refractivity contribution is 9.11. The zero-order valence-corrected chi connectivity index (χ0v) is 13.7. The molecule has 6 nitrogen and oxygen atoms in total. The Morgan fingerprint density at radius 3 is 2.28 bits per heavy atom. The normalized spacial score (nSPS) is 12.6. The van der Waals surface area contributed by atoms with E-state index in [4.69, 9.17) is 5.14 Å². The van der Waals surface area contributed by atoms with Crippen molar-refractivity contribution in [1.29, 1.82) is 0 Å². The van der Waals surface area contributed by atoms with Crippen LogP contribution in [0.2, 0.25) is 0 Å². The summed E-state index contributed by atoms with van der Waals surface area (Å²) < 4.78 is 48.4. The Bertz CT molecular complexity index is 643. The molecule has 0 amide bonds. The minimum absolute atomic E-state index is 0.0279. The van der Waals surface area contributed by atoms with Crippen molar-refractivity contribution in [3.63, 3.8) is 0 Å². The van der Waals surface area contributed by atoms with Crippen LogP contribution in [0, 0.1) is 0 Å². The summed E-state index contributed by atoms with van der Waals surface area (Å²) in [5.74, 6) is -0.458. The van der Waals surface area contributed by atoms with E-state index in [2.05, 4.69) is 36.6 Å². The van der Waals surface area contributed by atoms with E-state index in [-0.39, 0.29) is 11.4 Å². The molecule has 3 N–H and O–H groups in total. The average Bonchev–Trinajstić information content (AvgIpc) is 2.13. The fourth-order valence-corrected chi connectivity index (χ4v) is 4.38. The number of primary sulfonamides is 1. The predicted octanol–water partition coefficient (Wildman–Crippen LogP) is 0.778. The summed E-state index contributed by atoms with van der Waals surface area (Å²) in [6, 6.07) is 4.54. The molecule has 10 heteroatoms. The molecular weight excluding hydrogens is 412 g/mol. The Kier molecular flexibility index (Phi) is 5.32. The topological polar surface area (TPSA) is 106 Å². The molecule has 0 aliphatic heterocycles. The summed E-state index contributed by atoms with van der Waals surface area (Å²) >= 11 is 6.32. The highest BCUT2D eigenvalue weighted by atomic mass is 79.9. The Hall–Kier alpha value is -0.000000000000000111. The van der Waals surface area contributed by atoms with Gasteiger partial charge in [0.05, 0.1) is 10.6 Å². The van der Waals surface area contributed by atoms with Crippen LogP contribution in [-0.2, 0) is 20.0 Å². The molecular formula is C8H10Br2N2O4S2. The van der Waals surface area contributed by atoms with Gasteiger partial charge in [-0.05, 0) is 34.1 Å². The highest BCUT2D eigenvalue weighted by Crippen LogP contribution is 2.25. The standard InChI is InChI=1S/C8H10Br2N2O4S2/c9-6-1-2-8(7(10)5-6)18(15,16)12-3-4-17(11,13)14/h1-2,5,12H,3-4H2,(H2,11,13,14). The van der Waals surface area contributed by atoms with Gasteiger partial charge in [-0.15, -0.1) is 0 Å². The first kappa shape index (κ1) is 16.1. The monoisotopic (exact) mass is 420 g/mol. The number of rotatable bonds is 5. The Morgan fingerprint density at radius 1 is 1.17 bits per heavy atom. The first-order chi connectivity index (χ1) is 8.12. The summed E-state index contributed by atoms with van der Waals surface area (Å²) in [5, 5.41) is 4.78. The third-order valence-corrected chi connectivity index (χ3v) is 5.57. The molecule has 102 valence electrons. The van der Waals surface area contributed by atoms with Crippen molar-refractivity contribution in [2.45, 2.75) is 4.90 Å². The van der Waals surface area contributed by atoms with Gasteiger partial charge < -0.3 is 0 Å². The van der Waals surface area contributed by atoms with Gasteiger partial charge in [-0.25, -0.2) is 26.7 Å². The fourth-order valence-electron chi connectivity index (χ4n) is 1.09. The molecule has 0 saturated carbocycles. The molecule has 0 spiro atoms. The van der Waals surface area contributed by atoms with Crippen LogP contribution in [-0.4, -0.2) is 29.1 Å². The van der Waals surface area contributed by atoms with Crippen LogP contribution in [0.5, 0.6) is 0 Å². The van der Waals surface area contributed by atoms with E-state index in [9.17, 15) is 16.8 Å². The van der Waals surface area contributed by atoms with Crippen LogP contribution in [0.3, 0.4) is 0 Å². The minimum Gasteiger partial charge on any atom is -0.229 e. The maximum Gasteiger partial charge on any atom is 0.241 e. The maximum absolute atomic E-state index is 11.9. The molecule has 1 aromatic carbocycles. The number of nitrogens with one attached hydrogen (secondary N) is 1. The Morgan fingerprint density at radius 2 is 1.78 bits per heavy atom. The molecule has 0 saturated heterocycles. The van der Waals surface area contributed by atoms with E-state index < -0.39 is 25.8 Å². The molecule has 0 atom stereocenters. The van der Waals surface area contributed by atoms with Crippen LogP contribution in [0.1, 0.15) is 0 Å². The molecule has 0 aromatic heterocycles. The molecule has 0 radical (unpaired) electrons. The zero-order valence-electron chi connectivity index (χ0n) is 8.93. The van der Waals surface area contributed by atoms with Crippen molar-refractivity contribution in [2.24, 2.45) is 5.14 Å². The van der Waals surface area contributed by atoms with Gasteiger partial charge in [-0.1, -0.05) is 15.9 Å². The van der Waals surface area contributed by atoms with Crippen LogP contribution >= 0.6 is 31.9 Å². The quantitative estimate of drug-likeness (QED) is 0.732. The number of halogens is 2. The summed E-state index contributed by atoms with van der Waals surface area (Å²) in [6.07, 6.45) is 0. The first-order valence-corrected chi connectivity index (χ1v) is 9.35. The third kappa shape index (κ3) is 4.94. The van der Waals surface area contributed by atoms with Crippen LogP contribution in [0.4, 0.5) is 0 Å². The van der Waals surface area contributed by atoms with Crippen LogP contribution in [0.15, 0.2) is 32.0 Å². The molecule has 18 heavy (non-hydrogen) atoms. The highest BCUT2D eigenvalue weighted by Gasteiger charge is 2.18. The van der Waals surface area contributed by atoms with E-state index in [1.54, 1.807) is 12.1 Å². The fraction of sp³-hybridized carbons (Fsp3) is 0.250. The van der Waals surface area contributed by atoms with Crippen molar-refractivity contribution in [3.8, 4) is 0 Å². The average molecular weight is 422 g/mol. The summed E-state index contributed by atoms with van der Waals surface area (Å²) in [4.78, 5) is 0.0279. The lowest BCUT2D eigenvalue weighted by atomic mass is 10.4. The van der Waals surface area contributed by atoms with Crippen molar-refractivity contribution < 1.29 is 16.8 Å². The van der Waals surface area contributed by atoms with Gasteiger partial charge in [-0.2, -0.15) is 0 Å². The SMILES string of the molecule is NS(=O)(=O)CCNS(=O)(=O)c1ccc(Br)cc1Br. The van der Waals surface area contributed by atoms with Gasteiger partial charge in [0.2, 0.25) is 20.0 Å². The molecule has 0 aliphatic rings. The van der Waals surface area contributed by atoms with Gasteiger partial charge in [0, 0.05) is 15.5 Å². The van der Waals surface area contributed by atoms with Gasteiger partial charge in [-0.3, -0.25) is 0 Å². The van der Waals surface area contributed by atoms with E-state index >= 15 is 0 Å². The molecule has 0 fully saturated rings. The van der Waals surface area contributed by atoms with Crippen molar-refractivity contribution in [1.82, 2.24) is 4.72 Å². The molecule has 0 bridgehead atoms. The van der Waals surface area contributed by atoms with E-state index in [0.717, 1.165) is 4.47 Å². The summed E-state index contributed by atoms with van der Waals surface area (Å²) in [5.41, 5.74) is 0. The summed E-state index contributed by atoms with van der Waals surface area (Å²) in [6.45, 7) is -0.274. The van der Waals surface area contributed by atoms with Gasteiger partial charge in [0.15, 0.2) is 0 Å². The van der Waals surface area contributed by atoms with Crippen molar-refractivity contribution in [2.75, 3.05) is 12.3 Å². The van der Waals surface area contributed by atoms with Gasteiger partial charge in [0.25, 0.3) is 0 Å². The second-order valence-electron chi connectivity index (χ2n) is 3.34. The molecule has 0 heterocycles. The minimum atomic E-state index is -3.77.